The standard InChI is InChI=1S/C18H24N6O2.2ClH/c1-11(17(25)21-10-14-8-16(19)24-23-14)22-18(26)15-7-13(9-20-15)12-5-3-2-4-6-12;;/h2-6,8,11,13,15,20H,7,9-10H2,1H3,(H,21,25)(H,22,26)(H3,19,23,24);2*1H. The molecule has 2 heterocycles. The van der Waals surface area contributed by atoms with Gasteiger partial charge in [-0.1, -0.05) is 30.3 Å². The van der Waals surface area contributed by atoms with Crippen molar-refractivity contribution in [1.29, 1.82) is 0 Å². The van der Waals surface area contributed by atoms with Crippen molar-refractivity contribution < 1.29 is 9.59 Å². The summed E-state index contributed by atoms with van der Waals surface area (Å²) in [6.45, 7) is 2.70. The summed E-state index contributed by atoms with van der Waals surface area (Å²) in [5.74, 6) is 0.263. The number of nitrogens with zero attached hydrogens (tertiary/aromatic N) is 1. The van der Waals surface area contributed by atoms with Gasteiger partial charge < -0.3 is 21.7 Å². The maximum Gasteiger partial charge on any atom is 0.242 e. The topological polar surface area (TPSA) is 125 Å². The molecule has 3 unspecified atom stereocenters. The number of benzene rings is 1. The van der Waals surface area contributed by atoms with E-state index in [1.54, 1.807) is 13.0 Å². The molecule has 1 saturated heterocycles. The van der Waals surface area contributed by atoms with Gasteiger partial charge in [-0.15, -0.1) is 24.8 Å². The monoisotopic (exact) mass is 428 g/mol. The minimum Gasteiger partial charge on any atom is -0.382 e. The lowest BCUT2D eigenvalue weighted by atomic mass is 9.96. The highest BCUT2D eigenvalue weighted by Gasteiger charge is 2.31. The van der Waals surface area contributed by atoms with Crippen molar-refractivity contribution in [3.63, 3.8) is 0 Å². The van der Waals surface area contributed by atoms with Crippen molar-refractivity contribution in [1.82, 2.24) is 26.1 Å². The van der Waals surface area contributed by atoms with Crippen molar-refractivity contribution in [3.05, 3.63) is 47.7 Å². The van der Waals surface area contributed by atoms with Crippen LogP contribution in [0.3, 0.4) is 0 Å². The van der Waals surface area contributed by atoms with Crippen molar-refractivity contribution in [2.45, 2.75) is 37.9 Å². The molecule has 154 valence electrons. The van der Waals surface area contributed by atoms with Crippen molar-refractivity contribution in [2.75, 3.05) is 12.3 Å². The highest BCUT2D eigenvalue weighted by atomic mass is 35.5. The van der Waals surface area contributed by atoms with E-state index in [4.69, 9.17) is 5.73 Å². The highest BCUT2D eigenvalue weighted by Crippen LogP contribution is 2.25. The molecular weight excluding hydrogens is 403 g/mol. The van der Waals surface area contributed by atoms with Gasteiger partial charge in [0.2, 0.25) is 11.8 Å². The van der Waals surface area contributed by atoms with E-state index in [2.05, 4.69) is 38.3 Å². The fourth-order valence-electron chi connectivity index (χ4n) is 3.10. The van der Waals surface area contributed by atoms with Gasteiger partial charge in [-0.05, 0) is 24.8 Å². The molecule has 0 radical (unpaired) electrons. The minimum absolute atomic E-state index is 0. The molecule has 0 spiro atoms. The third-order valence-corrected chi connectivity index (χ3v) is 4.57. The van der Waals surface area contributed by atoms with E-state index >= 15 is 0 Å². The fourth-order valence-corrected chi connectivity index (χ4v) is 3.10. The summed E-state index contributed by atoms with van der Waals surface area (Å²) >= 11 is 0. The molecule has 1 fully saturated rings. The van der Waals surface area contributed by atoms with E-state index in [0.29, 0.717) is 17.4 Å². The number of halogens is 2. The summed E-state index contributed by atoms with van der Waals surface area (Å²) in [4.78, 5) is 24.6. The van der Waals surface area contributed by atoms with E-state index in [1.165, 1.54) is 5.56 Å². The number of H-pyrrole nitrogens is 1. The van der Waals surface area contributed by atoms with Crippen LogP contribution in [0.25, 0.3) is 0 Å². The Morgan fingerprint density at radius 3 is 2.64 bits per heavy atom. The predicted molar refractivity (Wildman–Crippen MR) is 113 cm³/mol. The summed E-state index contributed by atoms with van der Waals surface area (Å²) in [5.41, 5.74) is 7.44. The van der Waals surface area contributed by atoms with Crippen LogP contribution in [-0.2, 0) is 16.1 Å². The Kier molecular flexibility index (Phi) is 9.24. The number of hydrogen-bond acceptors (Lipinski definition) is 5. The van der Waals surface area contributed by atoms with Gasteiger partial charge >= 0.3 is 0 Å². The average Bonchev–Trinajstić information content (AvgIpc) is 3.29. The van der Waals surface area contributed by atoms with Gasteiger partial charge in [0.05, 0.1) is 18.3 Å². The third-order valence-electron chi connectivity index (χ3n) is 4.57. The Hall–Kier alpha value is -2.29. The van der Waals surface area contributed by atoms with Crippen LogP contribution in [0.1, 0.15) is 30.5 Å². The SMILES string of the molecule is CC(NC(=O)C1CC(c2ccccc2)CN1)C(=O)NCc1cc(N)n[nH]1.Cl.Cl. The van der Waals surface area contributed by atoms with Gasteiger partial charge in [-0.2, -0.15) is 5.10 Å². The zero-order valence-electron chi connectivity index (χ0n) is 15.5. The van der Waals surface area contributed by atoms with Gasteiger partial charge in [0, 0.05) is 12.6 Å². The molecule has 3 atom stereocenters. The smallest absolute Gasteiger partial charge is 0.242 e. The molecule has 1 aliphatic rings. The van der Waals surface area contributed by atoms with Gasteiger partial charge in [0.25, 0.3) is 0 Å². The molecule has 3 rings (SSSR count). The Morgan fingerprint density at radius 2 is 2.00 bits per heavy atom. The lowest BCUT2D eigenvalue weighted by Gasteiger charge is -2.17. The van der Waals surface area contributed by atoms with Crippen LogP contribution in [0, 0.1) is 0 Å². The van der Waals surface area contributed by atoms with E-state index in [-0.39, 0.29) is 49.2 Å². The number of hydrogen-bond donors (Lipinski definition) is 5. The molecule has 1 aromatic heterocycles. The van der Waals surface area contributed by atoms with Gasteiger partial charge in [0.15, 0.2) is 0 Å². The van der Waals surface area contributed by atoms with Crippen LogP contribution in [0.2, 0.25) is 0 Å². The van der Waals surface area contributed by atoms with Gasteiger partial charge in [-0.3, -0.25) is 14.7 Å². The lowest BCUT2D eigenvalue weighted by Crippen LogP contribution is -2.49. The summed E-state index contributed by atoms with van der Waals surface area (Å²) in [6.07, 6.45) is 0.720. The van der Waals surface area contributed by atoms with Crippen LogP contribution in [0.5, 0.6) is 0 Å². The predicted octanol–water partition coefficient (Wildman–Crippen LogP) is 1.10. The van der Waals surface area contributed by atoms with Crippen molar-refractivity contribution in [3.8, 4) is 0 Å². The molecule has 6 N–H and O–H groups in total. The molecule has 1 aromatic carbocycles. The Balaban J connectivity index is 0.00000196. The quantitative estimate of drug-likeness (QED) is 0.471. The number of aromatic amines is 1. The highest BCUT2D eigenvalue weighted by molar-refractivity contribution is 5.89. The molecule has 2 amide bonds. The maximum absolute atomic E-state index is 12.4. The Labute approximate surface area is 176 Å². The second-order valence-electron chi connectivity index (χ2n) is 6.57. The number of carbonyl (C=O) groups is 2. The van der Waals surface area contributed by atoms with Crippen molar-refractivity contribution in [2.24, 2.45) is 0 Å². The number of nitrogen functional groups attached to an aromatic ring is 1. The molecule has 0 bridgehead atoms. The number of nitrogens with two attached hydrogens (primary N) is 1. The van der Waals surface area contributed by atoms with Crippen LogP contribution >= 0.6 is 24.8 Å². The first-order chi connectivity index (χ1) is 12.5. The molecule has 0 aliphatic carbocycles. The number of carbonyl (C=O) groups excluding carboxylic acids is 2. The van der Waals surface area contributed by atoms with Crippen LogP contribution in [0.15, 0.2) is 36.4 Å². The number of aromatic nitrogens is 2. The van der Waals surface area contributed by atoms with E-state index in [1.807, 2.05) is 18.2 Å². The third kappa shape index (κ3) is 6.12. The number of nitrogens with one attached hydrogen (secondary N) is 4. The summed E-state index contributed by atoms with van der Waals surface area (Å²) < 4.78 is 0. The maximum atomic E-state index is 12.4. The normalized spacial score (nSPS) is 19.0. The Bertz CT molecular complexity index is 770. The molecule has 0 saturated carbocycles. The first-order valence-corrected chi connectivity index (χ1v) is 8.69. The summed E-state index contributed by atoms with van der Waals surface area (Å²) in [6, 6.07) is 10.9. The molecular formula is C18H26Cl2N6O2. The number of anilines is 1. The first-order valence-electron chi connectivity index (χ1n) is 8.69. The largest absolute Gasteiger partial charge is 0.382 e. The summed E-state index contributed by atoms with van der Waals surface area (Å²) in [7, 11) is 0. The molecule has 2 aromatic rings. The molecule has 8 nitrogen and oxygen atoms in total. The van der Waals surface area contributed by atoms with E-state index in [0.717, 1.165) is 13.0 Å². The first kappa shape index (κ1) is 23.7. The van der Waals surface area contributed by atoms with Crippen LogP contribution in [0.4, 0.5) is 5.82 Å². The van der Waals surface area contributed by atoms with Crippen LogP contribution < -0.4 is 21.7 Å². The van der Waals surface area contributed by atoms with Gasteiger partial charge in [-0.25, -0.2) is 0 Å². The summed E-state index contributed by atoms with van der Waals surface area (Å²) in [5, 5.41) is 15.3. The molecule has 10 heteroatoms. The molecule has 28 heavy (non-hydrogen) atoms. The van der Waals surface area contributed by atoms with E-state index < -0.39 is 6.04 Å². The minimum atomic E-state index is -0.625. The second kappa shape index (κ2) is 10.9. The molecule has 1 aliphatic heterocycles. The number of amides is 2. The van der Waals surface area contributed by atoms with Crippen molar-refractivity contribution >= 4 is 42.4 Å². The zero-order valence-corrected chi connectivity index (χ0v) is 17.1. The van der Waals surface area contributed by atoms with E-state index in [9.17, 15) is 9.59 Å². The van der Waals surface area contributed by atoms with Gasteiger partial charge in [0.1, 0.15) is 11.9 Å². The average molecular weight is 429 g/mol. The fraction of sp³-hybridized carbons (Fsp3) is 0.389. The second-order valence-corrected chi connectivity index (χ2v) is 6.57. The number of rotatable bonds is 6. The lowest BCUT2D eigenvalue weighted by molar-refractivity contribution is -0.129. The van der Waals surface area contributed by atoms with Crippen LogP contribution in [-0.4, -0.2) is 40.6 Å². The zero-order chi connectivity index (χ0) is 18.5. The Morgan fingerprint density at radius 1 is 1.29 bits per heavy atom.